The lowest BCUT2D eigenvalue weighted by Crippen LogP contribution is -2.29. The van der Waals surface area contributed by atoms with Crippen molar-refractivity contribution in [2.24, 2.45) is 0 Å². The van der Waals surface area contributed by atoms with Gasteiger partial charge >= 0.3 is 29.6 Å². The minimum atomic E-state index is -4.70. The maximum atomic E-state index is 14.3. The average Bonchev–Trinajstić information content (AvgIpc) is 3.39. The number of carbonyl (C=O) groups is 1. The summed E-state index contributed by atoms with van der Waals surface area (Å²) in [7, 11) is 0. The lowest BCUT2D eigenvalue weighted by atomic mass is 9.95. The summed E-state index contributed by atoms with van der Waals surface area (Å²) in [5.41, 5.74) is -3.30. The molecule has 404 valence electrons. The van der Waals surface area contributed by atoms with Gasteiger partial charge in [-0.1, -0.05) is 122 Å². The van der Waals surface area contributed by atoms with E-state index in [1.165, 1.54) is 36.4 Å². The van der Waals surface area contributed by atoms with Crippen LogP contribution in [0.4, 0.5) is 26.3 Å². The highest BCUT2D eigenvalue weighted by Gasteiger charge is 2.36. The fourth-order valence-electron chi connectivity index (χ4n) is 8.95. The zero-order valence-electron chi connectivity index (χ0n) is 42.9. The smallest absolute Gasteiger partial charge is 0.417 e. The monoisotopic (exact) mass is 1050 g/mol. The van der Waals surface area contributed by atoms with Crippen molar-refractivity contribution in [2.45, 2.75) is 148 Å². The van der Waals surface area contributed by atoms with Gasteiger partial charge in [-0.25, -0.2) is 14.4 Å². The van der Waals surface area contributed by atoms with E-state index < -0.39 is 46.8 Å². The van der Waals surface area contributed by atoms with Gasteiger partial charge in [0.25, 0.3) is 0 Å². The van der Waals surface area contributed by atoms with E-state index in [-0.39, 0.29) is 46.6 Å². The van der Waals surface area contributed by atoms with Crippen LogP contribution in [0, 0.1) is 0 Å². The van der Waals surface area contributed by atoms with Gasteiger partial charge < -0.3 is 27.8 Å². The summed E-state index contributed by atoms with van der Waals surface area (Å²) in [6, 6.07) is 20.3. The largest absolute Gasteiger partial charge is 0.491 e. The van der Waals surface area contributed by atoms with Crippen LogP contribution in [0.15, 0.2) is 116 Å². The normalized spacial score (nSPS) is 12.0. The third-order valence-electron chi connectivity index (χ3n) is 13.1. The molecule has 0 radical (unpaired) electrons. The van der Waals surface area contributed by atoms with E-state index in [0.717, 1.165) is 121 Å². The fraction of sp³-hybridized carbons (Fsp3) is 0.450. The van der Waals surface area contributed by atoms with Gasteiger partial charge in [0, 0.05) is 46.7 Å². The van der Waals surface area contributed by atoms with E-state index in [1.54, 1.807) is 36.4 Å². The van der Waals surface area contributed by atoms with Gasteiger partial charge in [-0.15, -0.1) is 0 Å². The number of ether oxygens (including phenoxy) is 4. The van der Waals surface area contributed by atoms with Crippen molar-refractivity contribution in [1.29, 1.82) is 0 Å². The molecule has 15 heteroatoms. The first-order chi connectivity index (χ1) is 36.1. The highest BCUT2D eigenvalue weighted by atomic mass is 19.4. The number of hydrogen-bond donors (Lipinski definition) is 0. The van der Waals surface area contributed by atoms with Crippen molar-refractivity contribution in [2.75, 3.05) is 26.4 Å². The summed E-state index contributed by atoms with van der Waals surface area (Å²) in [6.07, 6.45) is 7.31. The second-order valence-corrected chi connectivity index (χ2v) is 19.0. The van der Waals surface area contributed by atoms with E-state index in [1.807, 2.05) is 13.8 Å². The molecule has 0 atom stereocenters. The third kappa shape index (κ3) is 17.6. The van der Waals surface area contributed by atoms with Gasteiger partial charge in [0.2, 0.25) is 0 Å². The van der Waals surface area contributed by atoms with Gasteiger partial charge in [-0.2, -0.15) is 26.3 Å². The molecule has 0 amide bonds. The predicted octanol–water partition coefficient (Wildman–Crippen LogP) is 16.2. The summed E-state index contributed by atoms with van der Waals surface area (Å²) in [5.74, 6) is 0.208. The Balaban J connectivity index is 1.12. The number of rotatable bonds is 31. The number of halogens is 6. The van der Waals surface area contributed by atoms with Crippen LogP contribution in [-0.4, -0.2) is 38.5 Å². The van der Waals surface area contributed by atoms with Crippen molar-refractivity contribution in [3.8, 4) is 33.8 Å². The molecule has 0 aliphatic rings. The zero-order valence-corrected chi connectivity index (χ0v) is 42.9. The number of esters is 1. The van der Waals surface area contributed by atoms with E-state index in [2.05, 4.69) is 6.58 Å². The van der Waals surface area contributed by atoms with Gasteiger partial charge in [-0.05, 0) is 98.2 Å². The predicted molar refractivity (Wildman–Crippen MR) is 280 cm³/mol. The van der Waals surface area contributed by atoms with Gasteiger partial charge in [0.05, 0.1) is 28.9 Å². The summed E-state index contributed by atoms with van der Waals surface area (Å²) >= 11 is 0. The zero-order chi connectivity index (χ0) is 53.8. The van der Waals surface area contributed by atoms with E-state index in [4.69, 9.17) is 27.8 Å². The van der Waals surface area contributed by atoms with Crippen molar-refractivity contribution >= 4 is 27.9 Å². The van der Waals surface area contributed by atoms with Crippen LogP contribution in [0.25, 0.3) is 44.2 Å². The standard InChI is InChI=1S/C60H68F6O9/c1-4-7-17-21-41-23-29-48(52(33-41)59(61,62)63)50-35-43-25-27-45(37-54(43)74-57(50)68)72-39-47(70-31-19-15-13-11-9-10-12-14-16-20-32-71-56(67)6-3)40-73-46-28-26-44-36-51(58(69)75-55(44)38-46)49-30-24-42(22-18-8-5-2)34-53(49)60(64,65)66/h6,23-30,33-38,47H,3-5,7-22,31-32,39-40H2,1-2H3. The van der Waals surface area contributed by atoms with Crippen molar-refractivity contribution in [3.63, 3.8) is 0 Å². The molecule has 0 fully saturated rings. The van der Waals surface area contributed by atoms with Crippen molar-refractivity contribution in [1.82, 2.24) is 0 Å². The van der Waals surface area contributed by atoms with Crippen molar-refractivity contribution < 1.29 is 58.9 Å². The topological polar surface area (TPSA) is 114 Å². The molecule has 9 nitrogen and oxygen atoms in total. The molecule has 4 aromatic carbocycles. The summed E-state index contributed by atoms with van der Waals surface area (Å²) in [4.78, 5) is 37.8. The molecule has 0 spiro atoms. The summed E-state index contributed by atoms with van der Waals surface area (Å²) < 4.78 is 121. The average molecular weight is 1050 g/mol. The molecule has 2 heterocycles. The Labute approximate surface area is 434 Å². The quantitative estimate of drug-likeness (QED) is 0.0138. The lowest BCUT2D eigenvalue weighted by Gasteiger charge is -2.20. The summed E-state index contributed by atoms with van der Waals surface area (Å²) in [5, 5.41) is 0.784. The first-order valence-corrected chi connectivity index (χ1v) is 26.3. The van der Waals surface area contributed by atoms with Crippen LogP contribution in [-0.2, 0) is 39.5 Å². The van der Waals surface area contributed by atoms with Crippen LogP contribution in [0.2, 0.25) is 0 Å². The van der Waals surface area contributed by atoms with Crippen LogP contribution < -0.4 is 20.7 Å². The van der Waals surface area contributed by atoms with Crippen LogP contribution in [0.1, 0.15) is 139 Å². The molecule has 0 bridgehead atoms. The molecule has 0 saturated carbocycles. The molecule has 0 N–H and O–H groups in total. The number of fused-ring (bicyclic) bond motifs is 2. The molecule has 2 aromatic heterocycles. The maximum Gasteiger partial charge on any atom is 0.417 e. The van der Waals surface area contributed by atoms with Crippen LogP contribution >= 0.6 is 0 Å². The Hall–Kier alpha value is -6.35. The molecule has 6 aromatic rings. The Bertz CT molecular complexity index is 2750. The Morgan fingerprint density at radius 2 is 0.960 bits per heavy atom. The van der Waals surface area contributed by atoms with Crippen molar-refractivity contribution in [3.05, 3.63) is 141 Å². The molecule has 0 saturated heterocycles. The van der Waals surface area contributed by atoms with E-state index in [9.17, 15) is 40.7 Å². The highest BCUT2D eigenvalue weighted by molar-refractivity contribution is 5.85. The van der Waals surface area contributed by atoms with E-state index in [0.29, 0.717) is 59.5 Å². The van der Waals surface area contributed by atoms with Gasteiger partial charge in [0.15, 0.2) is 0 Å². The molecule has 0 aliphatic heterocycles. The molecular formula is C60H68F6O9. The highest BCUT2D eigenvalue weighted by Crippen LogP contribution is 2.40. The first kappa shape index (κ1) is 57.9. The SMILES string of the molecule is C=CC(=O)OCCCCCCCCCCCCOC(COc1ccc2cc(-c3ccc(CCCCC)cc3C(F)(F)F)c(=O)oc2c1)COc1ccc2cc(-c3ccc(CCCCC)cc3C(F)(F)F)c(=O)oc2c1. The first-order valence-electron chi connectivity index (χ1n) is 26.3. The van der Waals surface area contributed by atoms with Crippen LogP contribution in [0.3, 0.4) is 0 Å². The fourth-order valence-corrected chi connectivity index (χ4v) is 8.95. The number of hydrogen-bond acceptors (Lipinski definition) is 9. The minimum absolute atomic E-state index is 0.0188. The third-order valence-corrected chi connectivity index (χ3v) is 13.1. The number of alkyl halides is 6. The number of aryl methyl sites for hydroxylation is 2. The molecule has 0 aliphatic carbocycles. The lowest BCUT2D eigenvalue weighted by molar-refractivity contribution is -0.138. The Morgan fingerprint density at radius 1 is 0.533 bits per heavy atom. The number of carbonyl (C=O) groups excluding carboxylic acids is 1. The van der Waals surface area contributed by atoms with Gasteiger partial charge in [-0.3, -0.25) is 0 Å². The maximum absolute atomic E-state index is 14.3. The minimum Gasteiger partial charge on any atom is -0.491 e. The molecule has 6 rings (SSSR count). The second-order valence-electron chi connectivity index (χ2n) is 19.0. The Kier molecular flexibility index (Phi) is 22.0. The van der Waals surface area contributed by atoms with Gasteiger partial charge in [0.1, 0.15) is 42.0 Å². The number of unbranched alkanes of at least 4 members (excludes halogenated alkanes) is 13. The Morgan fingerprint density at radius 3 is 1.37 bits per heavy atom. The number of benzene rings is 4. The molecule has 0 unspecified atom stereocenters. The van der Waals surface area contributed by atoms with E-state index >= 15 is 0 Å². The molecule has 75 heavy (non-hydrogen) atoms. The second kappa shape index (κ2) is 28.5. The summed E-state index contributed by atoms with van der Waals surface area (Å²) in [6.45, 7) is 8.19. The van der Waals surface area contributed by atoms with Crippen LogP contribution in [0.5, 0.6) is 11.5 Å². The molecular weight excluding hydrogens is 979 g/mol.